The van der Waals surface area contributed by atoms with E-state index in [0.29, 0.717) is 6.61 Å². The van der Waals surface area contributed by atoms with Crippen molar-refractivity contribution in [3.63, 3.8) is 0 Å². The smallest absolute Gasteiger partial charge is 0.269 e. The first kappa shape index (κ1) is 13.5. The van der Waals surface area contributed by atoms with Crippen molar-refractivity contribution in [1.82, 2.24) is 6.15 Å². The molecule has 11 heavy (non-hydrogen) atoms. The van der Waals surface area contributed by atoms with Crippen LogP contribution in [0.15, 0.2) is 0 Å². The summed E-state index contributed by atoms with van der Waals surface area (Å²) in [6.07, 6.45) is 0.728. The Kier molecular flexibility index (Phi) is 6.74. The monoisotopic (exact) mass is 183 g/mol. The minimum Gasteiger partial charge on any atom is -0.344 e. The Morgan fingerprint density at radius 3 is 2.09 bits per heavy atom. The molecule has 3 N–H and O–H groups in total. The number of hydrogen-bond acceptors (Lipinski definition) is 4. The van der Waals surface area contributed by atoms with E-state index in [-0.39, 0.29) is 6.15 Å². The Labute approximate surface area is 68.6 Å². The summed E-state index contributed by atoms with van der Waals surface area (Å²) in [5.74, 6) is 0. The van der Waals surface area contributed by atoms with Gasteiger partial charge in [-0.25, -0.2) is 0 Å². The molecule has 0 saturated heterocycles. The Balaban J connectivity index is 0. The van der Waals surface area contributed by atoms with Crippen LogP contribution in [0, 0.1) is 0 Å². The van der Waals surface area contributed by atoms with Crippen LogP contribution >= 0.6 is 0 Å². The van der Waals surface area contributed by atoms with Gasteiger partial charge in [0.25, 0.3) is 10.1 Å². The molecule has 0 aliphatic heterocycles. The maximum absolute atomic E-state index is 10.9. The van der Waals surface area contributed by atoms with Gasteiger partial charge in [0.2, 0.25) is 0 Å². The highest BCUT2D eigenvalue weighted by Gasteiger charge is 2.15. The molecule has 4 nitrogen and oxygen atoms in total. The molecular weight excluding hydrogens is 166 g/mol. The second kappa shape index (κ2) is 5.51. The van der Waals surface area contributed by atoms with Crippen molar-refractivity contribution >= 4 is 10.1 Å². The van der Waals surface area contributed by atoms with Gasteiger partial charge in [-0.15, -0.1) is 0 Å². The Hall–Kier alpha value is -0.130. The first-order valence-electron chi connectivity index (χ1n) is 3.39. The van der Waals surface area contributed by atoms with E-state index >= 15 is 0 Å². The maximum atomic E-state index is 10.9. The summed E-state index contributed by atoms with van der Waals surface area (Å²) in [4.78, 5) is 0. The van der Waals surface area contributed by atoms with Crippen LogP contribution in [0.25, 0.3) is 0 Å². The van der Waals surface area contributed by atoms with Gasteiger partial charge < -0.3 is 6.15 Å². The van der Waals surface area contributed by atoms with Crippen molar-refractivity contribution in [3.05, 3.63) is 0 Å². The van der Waals surface area contributed by atoms with E-state index in [1.807, 2.05) is 6.92 Å². The van der Waals surface area contributed by atoms with Crippen LogP contribution in [0.1, 0.15) is 27.2 Å². The van der Waals surface area contributed by atoms with Crippen LogP contribution in [0.2, 0.25) is 0 Å². The van der Waals surface area contributed by atoms with Gasteiger partial charge >= 0.3 is 0 Å². The van der Waals surface area contributed by atoms with Gasteiger partial charge in [-0.1, -0.05) is 6.92 Å². The van der Waals surface area contributed by atoms with Crippen molar-refractivity contribution in [1.29, 1.82) is 0 Å². The Morgan fingerprint density at radius 1 is 1.36 bits per heavy atom. The fourth-order valence-corrected chi connectivity index (χ4v) is 1.01. The molecule has 0 radical (unpaired) electrons. The van der Waals surface area contributed by atoms with E-state index in [1.165, 1.54) is 0 Å². The molecule has 0 unspecified atom stereocenters. The lowest BCUT2D eigenvalue weighted by atomic mass is 10.5. The van der Waals surface area contributed by atoms with Crippen molar-refractivity contribution in [2.75, 3.05) is 6.61 Å². The summed E-state index contributed by atoms with van der Waals surface area (Å²) in [6.45, 7) is 5.37. The van der Waals surface area contributed by atoms with Crippen LogP contribution in [0.3, 0.4) is 0 Å². The maximum Gasteiger partial charge on any atom is 0.269 e. The normalized spacial score (nSPS) is 11.3. The molecule has 0 fully saturated rings. The number of hydrogen-bond donors (Lipinski definition) is 1. The van der Waals surface area contributed by atoms with Gasteiger partial charge in [0.15, 0.2) is 0 Å². The molecule has 0 aliphatic rings. The predicted molar refractivity (Wildman–Crippen MR) is 45.3 cm³/mol. The van der Waals surface area contributed by atoms with E-state index in [1.54, 1.807) is 13.8 Å². The second-order valence-corrected chi connectivity index (χ2v) is 4.53. The van der Waals surface area contributed by atoms with Gasteiger partial charge in [-0.2, -0.15) is 8.42 Å². The fourth-order valence-electron chi connectivity index (χ4n) is 0.336. The lowest BCUT2D eigenvalue weighted by Crippen LogP contribution is -2.17. The zero-order valence-electron chi connectivity index (χ0n) is 7.33. The third-order valence-electron chi connectivity index (χ3n) is 1.03. The van der Waals surface area contributed by atoms with Crippen LogP contribution in [0.4, 0.5) is 0 Å². The van der Waals surface area contributed by atoms with E-state index in [0.717, 1.165) is 6.42 Å². The molecule has 0 atom stereocenters. The van der Waals surface area contributed by atoms with Crippen LogP contribution in [-0.2, 0) is 14.3 Å². The average Bonchev–Trinajstić information content (AvgIpc) is 1.84. The summed E-state index contributed by atoms with van der Waals surface area (Å²) in [7, 11) is -3.26. The van der Waals surface area contributed by atoms with Crippen LogP contribution in [0.5, 0.6) is 0 Å². The second-order valence-electron chi connectivity index (χ2n) is 2.36. The first-order valence-corrected chi connectivity index (χ1v) is 4.86. The largest absolute Gasteiger partial charge is 0.344 e. The summed E-state index contributed by atoms with van der Waals surface area (Å²) < 4.78 is 26.3. The number of rotatable bonds is 4. The van der Waals surface area contributed by atoms with Gasteiger partial charge in [-0.05, 0) is 20.3 Å². The van der Waals surface area contributed by atoms with Crippen molar-refractivity contribution in [2.45, 2.75) is 32.4 Å². The van der Waals surface area contributed by atoms with Crippen LogP contribution in [-0.4, -0.2) is 20.3 Å². The van der Waals surface area contributed by atoms with Gasteiger partial charge in [0, 0.05) is 0 Å². The van der Waals surface area contributed by atoms with Gasteiger partial charge in [-0.3, -0.25) is 4.18 Å². The van der Waals surface area contributed by atoms with Gasteiger partial charge in [0.1, 0.15) is 0 Å². The van der Waals surface area contributed by atoms with E-state index in [9.17, 15) is 8.42 Å². The quantitative estimate of drug-likeness (QED) is 0.666. The Morgan fingerprint density at radius 2 is 1.82 bits per heavy atom. The minimum atomic E-state index is -3.26. The lowest BCUT2D eigenvalue weighted by Gasteiger charge is -2.05. The summed E-state index contributed by atoms with van der Waals surface area (Å²) in [5, 5.41) is -0.431. The zero-order valence-corrected chi connectivity index (χ0v) is 8.15. The molecule has 0 aromatic rings. The third-order valence-corrected chi connectivity index (χ3v) is 2.68. The molecule has 5 heteroatoms. The van der Waals surface area contributed by atoms with Crippen molar-refractivity contribution in [3.8, 4) is 0 Å². The highest BCUT2D eigenvalue weighted by atomic mass is 32.2. The first-order chi connectivity index (χ1) is 4.50. The third kappa shape index (κ3) is 5.17. The molecule has 0 bridgehead atoms. The van der Waals surface area contributed by atoms with Crippen molar-refractivity contribution < 1.29 is 12.6 Å². The average molecular weight is 183 g/mol. The fraction of sp³-hybridized carbons (Fsp3) is 1.00. The standard InChI is InChI=1S/C6H14O3S.H3N/c1-4-5-9-10(7,8)6(2)3;/h6H,4-5H2,1-3H3;1H3. The van der Waals surface area contributed by atoms with Crippen molar-refractivity contribution in [2.24, 2.45) is 0 Å². The van der Waals surface area contributed by atoms with E-state index in [4.69, 9.17) is 0 Å². The molecule has 0 rings (SSSR count). The molecule has 0 heterocycles. The molecule has 70 valence electrons. The SMILES string of the molecule is CCCOS(=O)(=O)C(C)C.N. The molecule has 0 aromatic carbocycles. The molecule has 0 aromatic heterocycles. The summed E-state index contributed by atoms with van der Waals surface area (Å²) >= 11 is 0. The Bertz CT molecular complexity index is 174. The molecule has 0 saturated carbocycles. The van der Waals surface area contributed by atoms with E-state index in [2.05, 4.69) is 4.18 Å². The zero-order chi connectivity index (χ0) is 8.20. The summed E-state index contributed by atoms with van der Waals surface area (Å²) in [5.41, 5.74) is 0. The highest BCUT2D eigenvalue weighted by molar-refractivity contribution is 7.87. The molecular formula is C6H17NO3S. The minimum absolute atomic E-state index is 0. The predicted octanol–water partition coefficient (Wildman–Crippen LogP) is 1.31. The van der Waals surface area contributed by atoms with E-state index < -0.39 is 15.4 Å². The van der Waals surface area contributed by atoms with Crippen LogP contribution < -0.4 is 6.15 Å². The summed E-state index contributed by atoms with van der Waals surface area (Å²) in [6, 6.07) is 0. The topological polar surface area (TPSA) is 78.4 Å². The lowest BCUT2D eigenvalue weighted by molar-refractivity contribution is 0.314. The molecule has 0 aliphatic carbocycles. The molecule has 0 amide bonds. The van der Waals surface area contributed by atoms with Gasteiger partial charge in [0.05, 0.1) is 11.9 Å². The molecule has 0 spiro atoms. The highest BCUT2D eigenvalue weighted by Crippen LogP contribution is 2.02.